The number of carboxylic acids is 1. The summed E-state index contributed by atoms with van der Waals surface area (Å²) >= 11 is 10.0. The van der Waals surface area contributed by atoms with Crippen molar-refractivity contribution in [1.82, 2.24) is 5.32 Å². The van der Waals surface area contributed by atoms with Crippen molar-refractivity contribution in [2.24, 2.45) is 0 Å². The summed E-state index contributed by atoms with van der Waals surface area (Å²) in [5.41, 5.74) is 0. The van der Waals surface area contributed by atoms with E-state index < -0.39 is 12.0 Å². The summed E-state index contributed by atoms with van der Waals surface area (Å²) in [4.78, 5) is 30.4. The highest BCUT2D eigenvalue weighted by atomic mass is 35.5. The number of halogens is 2. The van der Waals surface area contributed by atoms with Crippen LogP contribution in [0.25, 0.3) is 0 Å². The Labute approximate surface area is 96.7 Å². The molecule has 5 nitrogen and oxygen atoms in total. The molecule has 0 aliphatic carbocycles. The lowest BCUT2D eigenvalue weighted by Crippen LogP contribution is -2.32. The molecule has 0 bridgehead atoms. The van der Waals surface area contributed by atoms with Gasteiger partial charge in [0.2, 0.25) is 5.91 Å². The third kappa shape index (κ3) is 6.30. The van der Waals surface area contributed by atoms with Gasteiger partial charge in [-0.3, -0.25) is 9.59 Å². The zero-order chi connectivity index (χ0) is 11.8. The van der Waals surface area contributed by atoms with Crippen LogP contribution in [0.2, 0.25) is 0 Å². The van der Waals surface area contributed by atoms with E-state index in [0.29, 0.717) is 12.8 Å². The van der Waals surface area contributed by atoms with Gasteiger partial charge < -0.3 is 10.4 Å². The summed E-state index contributed by atoms with van der Waals surface area (Å²) in [6.45, 7) is 0. The molecular formula is C8H11Cl2NO4. The zero-order valence-corrected chi connectivity index (χ0v) is 9.35. The number of nitrogens with one attached hydrogen (secondary N) is 1. The number of hydrogen-bond donors (Lipinski definition) is 2. The Kier molecular flexibility index (Phi) is 7.07. The van der Waals surface area contributed by atoms with Crippen LogP contribution in [0.4, 0.5) is 0 Å². The molecular weight excluding hydrogens is 245 g/mol. The maximum atomic E-state index is 10.4. The van der Waals surface area contributed by atoms with E-state index in [9.17, 15) is 14.4 Å². The predicted octanol–water partition coefficient (Wildman–Crippen LogP) is 0.383. The van der Waals surface area contributed by atoms with Crippen LogP contribution in [0, 0.1) is 0 Å². The molecule has 1 aliphatic rings. The average molecular weight is 256 g/mol. The maximum Gasteiger partial charge on any atom is 0.326 e. The highest BCUT2D eigenvalue weighted by Crippen LogP contribution is 2.05. The Morgan fingerprint density at radius 3 is 2.07 bits per heavy atom. The van der Waals surface area contributed by atoms with Gasteiger partial charge in [0.25, 0.3) is 0 Å². The van der Waals surface area contributed by atoms with Crippen molar-refractivity contribution in [3.8, 4) is 0 Å². The second-order valence-electron chi connectivity index (χ2n) is 2.80. The number of amides is 1. The first-order valence-electron chi connectivity index (χ1n) is 4.17. The first-order chi connectivity index (χ1) is 7.01. The number of carbonyl (C=O) groups is 3. The minimum absolute atomic E-state index is 0.0312. The molecule has 0 unspecified atom stereocenters. The number of alkyl halides is 2. The quantitative estimate of drug-likeness (QED) is 0.715. The number of ketones is 1. The third-order valence-electron chi connectivity index (χ3n) is 1.59. The highest BCUT2D eigenvalue weighted by molar-refractivity contribution is 6.35. The molecule has 0 aromatic rings. The number of carboxylic acid groups (broad SMARTS) is 1. The Balaban J connectivity index is 0.000000288. The van der Waals surface area contributed by atoms with Crippen LogP contribution in [0.15, 0.2) is 0 Å². The molecule has 1 heterocycles. The number of aliphatic carboxylic acids is 1. The summed E-state index contributed by atoms with van der Waals surface area (Å²) in [5, 5.41) is 10.6. The highest BCUT2D eigenvalue weighted by Gasteiger charge is 2.26. The second-order valence-corrected chi connectivity index (χ2v) is 3.34. The smallest absolute Gasteiger partial charge is 0.326 e. The van der Waals surface area contributed by atoms with Gasteiger partial charge in [-0.25, -0.2) is 4.79 Å². The van der Waals surface area contributed by atoms with Crippen molar-refractivity contribution in [2.75, 3.05) is 11.8 Å². The van der Waals surface area contributed by atoms with Gasteiger partial charge >= 0.3 is 5.97 Å². The lowest BCUT2D eigenvalue weighted by atomic mass is 10.2. The van der Waals surface area contributed by atoms with Crippen molar-refractivity contribution in [3.05, 3.63) is 0 Å². The Bertz CT molecular complexity index is 251. The Hall–Kier alpha value is -0.810. The van der Waals surface area contributed by atoms with E-state index in [1.807, 2.05) is 0 Å². The topological polar surface area (TPSA) is 83.5 Å². The van der Waals surface area contributed by atoms with E-state index >= 15 is 0 Å². The summed E-state index contributed by atoms with van der Waals surface area (Å²) in [6.07, 6.45) is 0.769. The molecule has 0 aromatic carbocycles. The fraction of sp³-hybridized carbons (Fsp3) is 0.625. The molecule has 0 spiro atoms. The van der Waals surface area contributed by atoms with E-state index in [0.717, 1.165) is 0 Å². The normalized spacial score (nSPS) is 18.8. The summed E-state index contributed by atoms with van der Waals surface area (Å²) in [5.74, 6) is -1.17. The number of carbonyl (C=O) groups excluding carboxylic acids is 2. The minimum Gasteiger partial charge on any atom is -0.480 e. The molecule has 86 valence electrons. The SMILES string of the molecule is O=C(CCl)CCl.O=C1CC[C@@H](C(=O)O)N1. The van der Waals surface area contributed by atoms with Crippen LogP contribution in [0.1, 0.15) is 12.8 Å². The van der Waals surface area contributed by atoms with E-state index in [1.54, 1.807) is 0 Å². The van der Waals surface area contributed by atoms with Gasteiger partial charge in [-0.1, -0.05) is 0 Å². The zero-order valence-electron chi connectivity index (χ0n) is 7.83. The standard InChI is InChI=1S/C5H7NO3.C3H4Cl2O/c7-4-2-1-3(6-4)5(8)9;4-1-3(6)2-5/h3H,1-2H2,(H,6,7)(H,8,9);1-2H2/t3-;/m0./s1. The van der Waals surface area contributed by atoms with Crippen molar-refractivity contribution in [3.63, 3.8) is 0 Å². The fourth-order valence-electron chi connectivity index (χ4n) is 0.835. The third-order valence-corrected chi connectivity index (χ3v) is 2.19. The van der Waals surface area contributed by atoms with Crippen molar-refractivity contribution in [2.45, 2.75) is 18.9 Å². The largest absolute Gasteiger partial charge is 0.480 e. The monoisotopic (exact) mass is 255 g/mol. The van der Waals surface area contributed by atoms with Gasteiger partial charge in [-0.15, -0.1) is 23.2 Å². The summed E-state index contributed by atoms with van der Waals surface area (Å²) < 4.78 is 0. The average Bonchev–Trinajstić information content (AvgIpc) is 2.64. The van der Waals surface area contributed by atoms with Gasteiger partial charge in [0, 0.05) is 6.42 Å². The molecule has 15 heavy (non-hydrogen) atoms. The molecule has 1 amide bonds. The van der Waals surface area contributed by atoms with E-state index in [4.69, 9.17) is 28.3 Å². The van der Waals surface area contributed by atoms with Gasteiger partial charge in [0.05, 0.1) is 11.8 Å². The lowest BCUT2D eigenvalue weighted by Gasteiger charge is -1.99. The number of rotatable bonds is 3. The van der Waals surface area contributed by atoms with Crippen LogP contribution >= 0.6 is 23.2 Å². The minimum atomic E-state index is -0.944. The van der Waals surface area contributed by atoms with Gasteiger partial charge in [0.1, 0.15) is 6.04 Å². The first kappa shape index (κ1) is 14.2. The molecule has 1 saturated heterocycles. The Morgan fingerprint density at radius 2 is 1.93 bits per heavy atom. The Morgan fingerprint density at radius 1 is 1.40 bits per heavy atom. The van der Waals surface area contributed by atoms with Crippen LogP contribution in [0.3, 0.4) is 0 Å². The molecule has 0 aromatic heterocycles. The number of hydrogen-bond acceptors (Lipinski definition) is 3. The molecule has 0 saturated carbocycles. The molecule has 2 N–H and O–H groups in total. The fourth-order valence-corrected chi connectivity index (χ4v) is 1.12. The number of Topliss-reactive ketones (excluding diaryl/α,β-unsaturated/α-hetero) is 1. The van der Waals surface area contributed by atoms with Gasteiger partial charge in [-0.2, -0.15) is 0 Å². The summed E-state index contributed by atoms with van der Waals surface area (Å²) in [7, 11) is 0. The second kappa shape index (κ2) is 7.48. The van der Waals surface area contributed by atoms with Crippen molar-refractivity contribution in [1.29, 1.82) is 0 Å². The molecule has 0 radical (unpaired) electrons. The lowest BCUT2D eigenvalue weighted by molar-refractivity contribution is -0.140. The van der Waals surface area contributed by atoms with Crippen molar-refractivity contribution >= 4 is 40.9 Å². The van der Waals surface area contributed by atoms with E-state index in [1.165, 1.54) is 0 Å². The molecule has 1 rings (SSSR count). The van der Waals surface area contributed by atoms with Crippen LogP contribution < -0.4 is 5.32 Å². The summed E-state index contributed by atoms with van der Waals surface area (Å²) in [6, 6.07) is -0.641. The van der Waals surface area contributed by atoms with Crippen LogP contribution in [0.5, 0.6) is 0 Å². The predicted molar refractivity (Wildman–Crippen MR) is 55.2 cm³/mol. The van der Waals surface area contributed by atoms with Gasteiger partial charge in [0.15, 0.2) is 5.78 Å². The van der Waals surface area contributed by atoms with Gasteiger partial charge in [-0.05, 0) is 6.42 Å². The maximum absolute atomic E-state index is 10.4. The molecule has 1 atom stereocenters. The van der Waals surface area contributed by atoms with Crippen molar-refractivity contribution < 1.29 is 19.5 Å². The van der Waals surface area contributed by atoms with Crippen LogP contribution in [-0.2, 0) is 14.4 Å². The van der Waals surface area contributed by atoms with Crippen LogP contribution in [-0.4, -0.2) is 40.6 Å². The van der Waals surface area contributed by atoms with E-state index in [-0.39, 0.29) is 23.5 Å². The molecule has 7 heteroatoms. The first-order valence-corrected chi connectivity index (χ1v) is 5.24. The van der Waals surface area contributed by atoms with E-state index in [2.05, 4.69) is 5.32 Å². The molecule has 1 fully saturated rings. The molecule has 1 aliphatic heterocycles.